The van der Waals surface area contributed by atoms with Gasteiger partial charge in [-0.15, -0.1) is 0 Å². The number of hydrogen-bond donors (Lipinski definition) is 1. The summed E-state index contributed by atoms with van der Waals surface area (Å²) in [6.45, 7) is 10.8. The number of halogens is 1. The lowest BCUT2D eigenvalue weighted by Crippen LogP contribution is -2.28. The van der Waals surface area contributed by atoms with Crippen molar-refractivity contribution in [3.8, 4) is 0 Å². The molecule has 2 rings (SSSR count). The zero-order valence-corrected chi connectivity index (χ0v) is 14.3. The van der Waals surface area contributed by atoms with Crippen molar-refractivity contribution in [3.05, 3.63) is 28.8 Å². The van der Waals surface area contributed by atoms with E-state index < -0.39 is 0 Å². The van der Waals surface area contributed by atoms with Crippen LogP contribution in [0.2, 0.25) is 5.02 Å². The van der Waals surface area contributed by atoms with Gasteiger partial charge in [0.15, 0.2) is 0 Å². The standard InChI is InChI=1S/C16H25ClN2S/c1-4-18-12-13-14(17)6-5-7-15(13)19-9-8-16(2,3)20-11-10-19/h5-7,18H,4,8-12H2,1-3H3. The molecule has 20 heavy (non-hydrogen) atoms. The van der Waals surface area contributed by atoms with E-state index in [1.54, 1.807) is 0 Å². The second kappa shape index (κ2) is 7.06. The summed E-state index contributed by atoms with van der Waals surface area (Å²) < 4.78 is 0.384. The second-order valence-electron chi connectivity index (χ2n) is 5.86. The first-order chi connectivity index (χ1) is 9.53. The summed E-state index contributed by atoms with van der Waals surface area (Å²) in [5, 5.41) is 4.28. The summed E-state index contributed by atoms with van der Waals surface area (Å²) in [7, 11) is 0. The largest absolute Gasteiger partial charge is 0.370 e. The van der Waals surface area contributed by atoms with Crippen LogP contribution in [-0.4, -0.2) is 30.1 Å². The number of thioether (sulfide) groups is 1. The van der Waals surface area contributed by atoms with Gasteiger partial charge in [0.25, 0.3) is 0 Å². The summed E-state index contributed by atoms with van der Waals surface area (Å²) in [6, 6.07) is 6.27. The number of nitrogens with one attached hydrogen (secondary N) is 1. The van der Waals surface area contributed by atoms with E-state index in [2.05, 4.69) is 54.9 Å². The molecule has 0 radical (unpaired) electrons. The molecule has 0 aliphatic carbocycles. The molecule has 1 aromatic rings. The Morgan fingerprint density at radius 1 is 1.35 bits per heavy atom. The second-order valence-corrected chi connectivity index (χ2v) is 8.07. The molecule has 0 saturated carbocycles. The van der Waals surface area contributed by atoms with Crippen LogP contribution in [-0.2, 0) is 6.54 Å². The Morgan fingerprint density at radius 3 is 2.90 bits per heavy atom. The smallest absolute Gasteiger partial charge is 0.0471 e. The Kier molecular flexibility index (Phi) is 5.65. The third kappa shape index (κ3) is 4.06. The monoisotopic (exact) mass is 312 g/mol. The zero-order chi connectivity index (χ0) is 14.6. The molecule has 1 N–H and O–H groups in total. The van der Waals surface area contributed by atoms with E-state index in [1.165, 1.54) is 23.4 Å². The van der Waals surface area contributed by atoms with Gasteiger partial charge in [-0.2, -0.15) is 11.8 Å². The Balaban J connectivity index is 2.21. The number of rotatable bonds is 4. The molecule has 1 heterocycles. The molecule has 2 nitrogen and oxygen atoms in total. The van der Waals surface area contributed by atoms with E-state index in [0.29, 0.717) is 4.75 Å². The number of anilines is 1. The molecular weight excluding hydrogens is 288 g/mol. The lowest BCUT2D eigenvalue weighted by molar-refractivity contribution is 0.635. The molecule has 1 fully saturated rings. The maximum Gasteiger partial charge on any atom is 0.0471 e. The van der Waals surface area contributed by atoms with Gasteiger partial charge < -0.3 is 10.2 Å². The van der Waals surface area contributed by atoms with E-state index in [9.17, 15) is 0 Å². The van der Waals surface area contributed by atoms with Gasteiger partial charge in [-0.1, -0.05) is 38.4 Å². The van der Waals surface area contributed by atoms with Crippen molar-refractivity contribution in [3.63, 3.8) is 0 Å². The normalized spacial score (nSPS) is 18.9. The molecule has 4 heteroatoms. The molecule has 0 unspecified atom stereocenters. The first kappa shape index (κ1) is 16.0. The van der Waals surface area contributed by atoms with Crippen molar-refractivity contribution >= 4 is 29.1 Å². The van der Waals surface area contributed by atoms with Crippen LogP contribution in [0.25, 0.3) is 0 Å². The van der Waals surface area contributed by atoms with Gasteiger partial charge in [-0.05, 0) is 25.1 Å². The minimum atomic E-state index is 0.384. The predicted octanol–water partition coefficient (Wildman–Crippen LogP) is 4.17. The summed E-state index contributed by atoms with van der Waals surface area (Å²) >= 11 is 8.49. The van der Waals surface area contributed by atoms with Crippen molar-refractivity contribution in [2.75, 3.05) is 30.3 Å². The average molecular weight is 313 g/mol. The fourth-order valence-corrected chi connectivity index (χ4v) is 3.87. The van der Waals surface area contributed by atoms with Crippen LogP contribution in [0.5, 0.6) is 0 Å². The van der Waals surface area contributed by atoms with Gasteiger partial charge in [0.1, 0.15) is 0 Å². The molecular formula is C16H25ClN2S. The predicted molar refractivity (Wildman–Crippen MR) is 92.2 cm³/mol. The van der Waals surface area contributed by atoms with Crippen molar-refractivity contribution in [1.29, 1.82) is 0 Å². The zero-order valence-electron chi connectivity index (χ0n) is 12.7. The summed E-state index contributed by atoms with van der Waals surface area (Å²) in [4.78, 5) is 2.50. The lowest BCUT2D eigenvalue weighted by Gasteiger charge is -2.27. The molecule has 112 valence electrons. The minimum absolute atomic E-state index is 0.384. The van der Waals surface area contributed by atoms with Crippen molar-refractivity contribution in [2.45, 2.75) is 38.5 Å². The van der Waals surface area contributed by atoms with Crippen molar-refractivity contribution in [1.82, 2.24) is 5.32 Å². The summed E-state index contributed by atoms with van der Waals surface area (Å²) in [5.74, 6) is 1.18. The van der Waals surface area contributed by atoms with Crippen LogP contribution in [0.4, 0.5) is 5.69 Å². The highest BCUT2D eigenvalue weighted by atomic mass is 35.5. The third-order valence-electron chi connectivity index (χ3n) is 3.82. The van der Waals surface area contributed by atoms with Crippen molar-refractivity contribution < 1.29 is 0 Å². The molecule has 0 aromatic heterocycles. The van der Waals surface area contributed by atoms with Gasteiger partial charge in [-0.25, -0.2) is 0 Å². The van der Waals surface area contributed by atoms with E-state index in [1.807, 2.05) is 6.07 Å². The first-order valence-corrected chi connectivity index (χ1v) is 8.77. The van der Waals surface area contributed by atoms with Gasteiger partial charge in [0.2, 0.25) is 0 Å². The number of hydrogen-bond acceptors (Lipinski definition) is 3. The van der Waals surface area contributed by atoms with Gasteiger partial charge in [0, 0.05) is 46.4 Å². The van der Waals surface area contributed by atoms with Crippen molar-refractivity contribution in [2.24, 2.45) is 0 Å². The topological polar surface area (TPSA) is 15.3 Å². The lowest BCUT2D eigenvalue weighted by atomic mass is 10.1. The SMILES string of the molecule is CCNCc1c(Cl)cccc1N1CCSC(C)(C)CC1. The van der Waals surface area contributed by atoms with E-state index >= 15 is 0 Å². The van der Waals surface area contributed by atoms with Crippen LogP contribution >= 0.6 is 23.4 Å². The van der Waals surface area contributed by atoms with Crippen LogP contribution in [0.1, 0.15) is 32.8 Å². The maximum atomic E-state index is 6.41. The molecule has 1 aliphatic heterocycles. The average Bonchev–Trinajstić information content (AvgIpc) is 2.58. The number of nitrogens with zero attached hydrogens (tertiary/aromatic N) is 1. The van der Waals surface area contributed by atoms with Crippen LogP contribution in [0, 0.1) is 0 Å². The summed E-state index contributed by atoms with van der Waals surface area (Å²) in [5.41, 5.74) is 2.54. The molecule has 0 atom stereocenters. The van der Waals surface area contributed by atoms with Crippen LogP contribution in [0.3, 0.4) is 0 Å². The Morgan fingerprint density at radius 2 is 2.15 bits per heavy atom. The Hall–Kier alpha value is -0.380. The van der Waals surface area contributed by atoms with E-state index in [-0.39, 0.29) is 0 Å². The first-order valence-electron chi connectivity index (χ1n) is 7.40. The van der Waals surface area contributed by atoms with Crippen LogP contribution in [0.15, 0.2) is 18.2 Å². The number of benzene rings is 1. The highest BCUT2D eigenvalue weighted by Crippen LogP contribution is 2.34. The highest BCUT2D eigenvalue weighted by Gasteiger charge is 2.24. The molecule has 1 aliphatic rings. The fourth-order valence-electron chi connectivity index (χ4n) is 2.53. The van der Waals surface area contributed by atoms with E-state index in [0.717, 1.165) is 31.2 Å². The molecule has 0 amide bonds. The quantitative estimate of drug-likeness (QED) is 0.898. The van der Waals surface area contributed by atoms with Crippen LogP contribution < -0.4 is 10.2 Å². The Bertz CT molecular complexity index is 448. The summed E-state index contributed by atoms with van der Waals surface area (Å²) in [6.07, 6.45) is 1.21. The maximum absolute atomic E-state index is 6.41. The van der Waals surface area contributed by atoms with E-state index in [4.69, 9.17) is 11.6 Å². The molecule has 1 saturated heterocycles. The minimum Gasteiger partial charge on any atom is -0.370 e. The Labute approximate surface area is 132 Å². The molecule has 0 bridgehead atoms. The van der Waals surface area contributed by atoms with Gasteiger partial charge >= 0.3 is 0 Å². The third-order valence-corrected chi connectivity index (χ3v) is 5.55. The molecule has 1 aromatic carbocycles. The van der Waals surface area contributed by atoms with Gasteiger partial charge in [-0.3, -0.25) is 0 Å². The highest BCUT2D eigenvalue weighted by molar-refractivity contribution is 8.00. The fraction of sp³-hybridized carbons (Fsp3) is 0.625. The molecule has 0 spiro atoms. The van der Waals surface area contributed by atoms with Gasteiger partial charge in [0.05, 0.1) is 0 Å².